The third-order valence-corrected chi connectivity index (χ3v) is 4.64. The highest BCUT2D eigenvalue weighted by molar-refractivity contribution is 7.99. The third-order valence-electron chi connectivity index (χ3n) is 3.35. The van der Waals surface area contributed by atoms with Gasteiger partial charge in [0.2, 0.25) is 0 Å². The van der Waals surface area contributed by atoms with Crippen molar-refractivity contribution in [2.75, 3.05) is 0 Å². The van der Waals surface area contributed by atoms with Crippen LogP contribution >= 0.6 is 11.8 Å². The predicted molar refractivity (Wildman–Crippen MR) is 78.9 cm³/mol. The molecule has 0 saturated heterocycles. The molecule has 0 unspecified atom stereocenters. The summed E-state index contributed by atoms with van der Waals surface area (Å²) >= 11 is 1.97. The Hall–Kier alpha value is -0.540. The Balaban J connectivity index is 1.83. The minimum atomic E-state index is 0.529. The van der Waals surface area contributed by atoms with Crippen molar-refractivity contribution < 1.29 is 0 Å². The van der Waals surface area contributed by atoms with Gasteiger partial charge in [0.1, 0.15) is 0 Å². The Morgan fingerprint density at radius 2 is 2.06 bits per heavy atom. The number of pyridine rings is 1. The van der Waals surface area contributed by atoms with Gasteiger partial charge in [-0.1, -0.05) is 39.2 Å². The second-order valence-electron chi connectivity index (χ2n) is 5.42. The number of thioether (sulfide) groups is 1. The van der Waals surface area contributed by atoms with Crippen LogP contribution in [-0.2, 0) is 6.54 Å². The highest BCUT2D eigenvalue weighted by Crippen LogP contribution is 2.32. The van der Waals surface area contributed by atoms with Gasteiger partial charge in [0, 0.05) is 24.0 Å². The predicted octanol–water partition coefficient (Wildman–Crippen LogP) is 4.00. The standard InChI is InChI=1S/C15H24N2S/c1-12(2)16-10-13-8-9-15(17-11-13)18-14-6-4-3-5-7-14/h8-9,11-12,14,16H,3-7,10H2,1-2H3. The fraction of sp³-hybridized carbons (Fsp3) is 0.667. The summed E-state index contributed by atoms with van der Waals surface area (Å²) < 4.78 is 0. The van der Waals surface area contributed by atoms with Gasteiger partial charge in [-0.05, 0) is 24.5 Å². The molecule has 0 aliphatic heterocycles. The lowest BCUT2D eigenvalue weighted by atomic mass is 10.0. The first-order chi connectivity index (χ1) is 8.74. The van der Waals surface area contributed by atoms with Gasteiger partial charge in [-0.2, -0.15) is 0 Å². The largest absolute Gasteiger partial charge is 0.310 e. The summed E-state index contributed by atoms with van der Waals surface area (Å²) in [7, 11) is 0. The zero-order chi connectivity index (χ0) is 12.8. The monoisotopic (exact) mass is 264 g/mol. The van der Waals surface area contributed by atoms with Crippen molar-refractivity contribution in [2.45, 2.75) is 68.8 Å². The van der Waals surface area contributed by atoms with E-state index in [-0.39, 0.29) is 0 Å². The normalized spacial score (nSPS) is 17.3. The quantitative estimate of drug-likeness (QED) is 0.870. The molecule has 18 heavy (non-hydrogen) atoms. The lowest BCUT2D eigenvalue weighted by Crippen LogP contribution is -2.21. The summed E-state index contributed by atoms with van der Waals surface area (Å²) in [6, 6.07) is 4.91. The van der Waals surface area contributed by atoms with Crippen LogP contribution in [-0.4, -0.2) is 16.3 Å². The molecule has 1 fully saturated rings. The third kappa shape index (κ3) is 4.62. The van der Waals surface area contributed by atoms with Crippen molar-refractivity contribution in [1.29, 1.82) is 0 Å². The van der Waals surface area contributed by atoms with Gasteiger partial charge in [-0.15, -0.1) is 11.8 Å². The molecule has 100 valence electrons. The van der Waals surface area contributed by atoms with E-state index in [1.165, 1.54) is 42.7 Å². The molecule has 1 saturated carbocycles. The van der Waals surface area contributed by atoms with Gasteiger partial charge in [0.05, 0.1) is 5.03 Å². The molecule has 0 amide bonds. The van der Waals surface area contributed by atoms with Crippen molar-refractivity contribution in [3.05, 3.63) is 23.9 Å². The molecule has 2 nitrogen and oxygen atoms in total. The van der Waals surface area contributed by atoms with Crippen molar-refractivity contribution in [1.82, 2.24) is 10.3 Å². The Kier molecular flexibility index (Phi) is 5.51. The second-order valence-corrected chi connectivity index (χ2v) is 6.74. The Bertz CT molecular complexity index is 342. The van der Waals surface area contributed by atoms with Crippen LogP contribution in [0.5, 0.6) is 0 Å². The molecule has 0 radical (unpaired) electrons. The summed E-state index contributed by atoms with van der Waals surface area (Å²) in [5, 5.41) is 5.40. The van der Waals surface area contributed by atoms with E-state index >= 15 is 0 Å². The van der Waals surface area contributed by atoms with Gasteiger partial charge in [0.25, 0.3) is 0 Å². The number of hydrogen-bond donors (Lipinski definition) is 1. The van der Waals surface area contributed by atoms with Gasteiger partial charge in [-0.25, -0.2) is 4.98 Å². The lowest BCUT2D eigenvalue weighted by molar-refractivity contribution is 0.515. The molecule has 0 spiro atoms. The van der Waals surface area contributed by atoms with Crippen LogP contribution in [0.15, 0.2) is 23.4 Å². The Morgan fingerprint density at radius 1 is 1.28 bits per heavy atom. The first kappa shape index (κ1) is 13.9. The summed E-state index contributed by atoms with van der Waals surface area (Å²) in [5.74, 6) is 0. The molecular formula is C15H24N2S. The second kappa shape index (κ2) is 7.15. The summed E-state index contributed by atoms with van der Waals surface area (Å²) in [6.07, 6.45) is 8.96. The van der Waals surface area contributed by atoms with Gasteiger partial charge < -0.3 is 5.32 Å². The molecule has 1 N–H and O–H groups in total. The van der Waals surface area contributed by atoms with Crippen molar-refractivity contribution in [3.63, 3.8) is 0 Å². The summed E-state index contributed by atoms with van der Waals surface area (Å²) in [5.41, 5.74) is 1.27. The molecule has 1 aliphatic carbocycles. The van der Waals surface area contributed by atoms with E-state index in [9.17, 15) is 0 Å². The molecule has 3 heteroatoms. The highest BCUT2D eigenvalue weighted by atomic mass is 32.2. The maximum absolute atomic E-state index is 4.57. The van der Waals surface area contributed by atoms with Gasteiger partial charge in [-0.3, -0.25) is 0 Å². The lowest BCUT2D eigenvalue weighted by Gasteiger charge is -2.20. The van der Waals surface area contributed by atoms with Crippen LogP contribution in [0.2, 0.25) is 0 Å². The number of rotatable bonds is 5. The smallest absolute Gasteiger partial charge is 0.0962 e. The van der Waals surface area contributed by atoms with Crippen molar-refractivity contribution >= 4 is 11.8 Å². The van der Waals surface area contributed by atoms with E-state index in [0.29, 0.717) is 6.04 Å². The maximum atomic E-state index is 4.57. The first-order valence-electron chi connectivity index (χ1n) is 7.09. The summed E-state index contributed by atoms with van der Waals surface area (Å²) in [6.45, 7) is 5.25. The molecule has 1 aliphatic rings. The molecule has 2 rings (SSSR count). The minimum absolute atomic E-state index is 0.529. The van der Waals surface area contributed by atoms with Gasteiger partial charge in [0.15, 0.2) is 0 Å². The average molecular weight is 264 g/mol. The van der Waals surface area contributed by atoms with E-state index in [4.69, 9.17) is 0 Å². The molecular weight excluding hydrogens is 240 g/mol. The fourth-order valence-electron chi connectivity index (χ4n) is 2.26. The number of hydrogen-bond acceptors (Lipinski definition) is 3. The fourth-order valence-corrected chi connectivity index (χ4v) is 3.43. The van der Waals surface area contributed by atoms with E-state index in [2.05, 4.69) is 36.3 Å². The van der Waals surface area contributed by atoms with Crippen molar-refractivity contribution in [2.24, 2.45) is 0 Å². The number of nitrogens with one attached hydrogen (secondary N) is 1. The number of aromatic nitrogens is 1. The molecule has 1 aromatic rings. The van der Waals surface area contributed by atoms with Crippen LogP contribution in [0.1, 0.15) is 51.5 Å². The molecule has 1 aromatic heterocycles. The molecule has 0 bridgehead atoms. The van der Waals surface area contributed by atoms with E-state index < -0.39 is 0 Å². The van der Waals surface area contributed by atoms with Crippen molar-refractivity contribution in [3.8, 4) is 0 Å². The zero-order valence-electron chi connectivity index (χ0n) is 11.5. The van der Waals surface area contributed by atoms with E-state index in [0.717, 1.165) is 11.8 Å². The SMILES string of the molecule is CC(C)NCc1ccc(SC2CCCCC2)nc1. The number of nitrogens with zero attached hydrogens (tertiary/aromatic N) is 1. The average Bonchev–Trinajstić information content (AvgIpc) is 2.39. The summed E-state index contributed by atoms with van der Waals surface area (Å²) in [4.78, 5) is 4.57. The first-order valence-corrected chi connectivity index (χ1v) is 7.97. The topological polar surface area (TPSA) is 24.9 Å². The Labute approximate surface area is 115 Å². The molecule has 1 heterocycles. The highest BCUT2D eigenvalue weighted by Gasteiger charge is 2.14. The zero-order valence-corrected chi connectivity index (χ0v) is 12.3. The Morgan fingerprint density at radius 3 is 2.67 bits per heavy atom. The molecule has 0 atom stereocenters. The van der Waals surface area contributed by atoms with Crippen LogP contribution in [0, 0.1) is 0 Å². The van der Waals surface area contributed by atoms with E-state index in [1.54, 1.807) is 0 Å². The van der Waals surface area contributed by atoms with E-state index in [1.807, 2.05) is 18.0 Å². The maximum Gasteiger partial charge on any atom is 0.0962 e. The van der Waals surface area contributed by atoms with Gasteiger partial charge >= 0.3 is 0 Å². The van der Waals surface area contributed by atoms with Crippen LogP contribution in [0.3, 0.4) is 0 Å². The minimum Gasteiger partial charge on any atom is -0.310 e. The van der Waals surface area contributed by atoms with Crippen LogP contribution < -0.4 is 5.32 Å². The van der Waals surface area contributed by atoms with Crippen LogP contribution in [0.25, 0.3) is 0 Å². The molecule has 0 aromatic carbocycles. The van der Waals surface area contributed by atoms with Crippen LogP contribution in [0.4, 0.5) is 0 Å².